The van der Waals surface area contributed by atoms with Crippen molar-refractivity contribution >= 4 is 0 Å². The summed E-state index contributed by atoms with van der Waals surface area (Å²) in [4.78, 5) is 0. The van der Waals surface area contributed by atoms with Crippen LogP contribution in [-0.2, 0) is 0 Å². The van der Waals surface area contributed by atoms with Crippen molar-refractivity contribution in [3.8, 4) is 0 Å². The first kappa shape index (κ1) is 10.4. The lowest BCUT2D eigenvalue weighted by molar-refractivity contribution is 0.168. The zero-order valence-corrected chi connectivity index (χ0v) is 9.55. The summed E-state index contributed by atoms with van der Waals surface area (Å²) in [6, 6.07) is 1.45. The Hall–Kier alpha value is -0.0800. The Bertz CT molecular complexity index is 165. The molecule has 82 valence electrons. The van der Waals surface area contributed by atoms with Crippen LogP contribution < -0.4 is 10.6 Å². The van der Waals surface area contributed by atoms with E-state index in [9.17, 15) is 0 Å². The summed E-state index contributed by atoms with van der Waals surface area (Å²) >= 11 is 0. The van der Waals surface area contributed by atoms with Crippen molar-refractivity contribution in [3.05, 3.63) is 0 Å². The molecule has 2 aliphatic heterocycles. The van der Waals surface area contributed by atoms with Gasteiger partial charge >= 0.3 is 0 Å². The van der Waals surface area contributed by atoms with Gasteiger partial charge in [-0.05, 0) is 64.5 Å². The molecule has 0 spiro atoms. The maximum Gasteiger partial charge on any atom is 0.00439 e. The van der Waals surface area contributed by atoms with E-state index in [2.05, 4.69) is 24.5 Å². The van der Waals surface area contributed by atoms with Crippen molar-refractivity contribution in [2.45, 2.75) is 51.6 Å². The molecule has 2 aliphatic rings. The number of hydrogen-bond donors (Lipinski definition) is 2. The first-order valence-corrected chi connectivity index (χ1v) is 6.22. The molecule has 2 N–H and O–H groups in total. The molecular formula is C12H24N2. The number of nitrogens with one attached hydrogen (secondary N) is 2. The molecule has 2 nitrogen and oxygen atoms in total. The van der Waals surface area contributed by atoms with Gasteiger partial charge in [-0.1, -0.05) is 0 Å². The van der Waals surface area contributed by atoms with Crippen molar-refractivity contribution in [1.29, 1.82) is 0 Å². The van der Waals surface area contributed by atoms with E-state index in [-0.39, 0.29) is 0 Å². The Balaban J connectivity index is 1.88. The number of piperidine rings is 2. The average Bonchev–Trinajstić information content (AvgIpc) is 2.18. The minimum atomic E-state index is 0.727. The van der Waals surface area contributed by atoms with E-state index in [4.69, 9.17) is 0 Å². The molecule has 2 fully saturated rings. The predicted octanol–water partition coefficient (Wildman–Crippen LogP) is 1.76. The van der Waals surface area contributed by atoms with Crippen LogP contribution in [-0.4, -0.2) is 25.2 Å². The zero-order valence-electron chi connectivity index (χ0n) is 9.55. The number of hydrogen-bond acceptors (Lipinski definition) is 2. The van der Waals surface area contributed by atoms with E-state index in [1.54, 1.807) is 0 Å². The molecule has 0 aliphatic carbocycles. The number of rotatable bonds is 1. The fraction of sp³-hybridized carbons (Fsp3) is 1.00. The van der Waals surface area contributed by atoms with Gasteiger partial charge in [-0.2, -0.15) is 0 Å². The first-order chi connectivity index (χ1) is 6.75. The van der Waals surface area contributed by atoms with Crippen LogP contribution in [0.3, 0.4) is 0 Å². The lowest BCUT2D eigenvalue weighted by Gasteiger charge is -2.39. The van der Waals surface area contributed by atoms with Crippen LogP contribution in [0.15, 0.2) is 0 Å². The van der Waals surface area contributed by atoms with Crippen LogP contribution in [0.2, 0.25) is 0 Å². The smallest absolute Gasteiger partial charge is 0.00439 e. The fourth-order valence-electron chi connectivity index (χ4n) is 3.29. The van der Waals surface area contributed by atoms with E-state index in [0.29, 0.717) is 0 Å². The third kappa shape index (κ3) is 2.48. The van der Waals surface area contributed by atoms with Gasteiger partial charge in [0.2, 0.25) is 0 Å². The van der Waals surface area contributed by atoms with E-state index < -0.39 is 0 Å². The third-order valence-corrected chi connectivity index (χ3v) is 3.88. The molecule has 0 saturated carbocycles. The van der Waals surface area contributed by atoms with Crippen LogP contribution >= 0.6 is 0 Å². The second-order valence-corrected chi connectivity index (χ2v) is 5.31. The first-order valence-electron chi connectivity index (χ1n) is 6.22. The average molecular weight is 196 g/mol. The second kappa shape index (κ2) is 4.63. The van der Waals surface area contributed by atoms with Crippen LogP contribution in [0, 0.1) is 11.8 Å². The van der Waals surface area contributed by atoms with Gasteiger partial charge in [0.25, 0.3) is 0 Å². The molecule has 3 unspecified atom stereocenters. The minimum absolute atomic E-state index is 0.727. The van der Waals surface area contributed by atoms with Gasteiger partial charge < -0.3 is 10.6 Å². The van der Waals surface area contributed by atoms with Crippen LogP contribution in [0.1, 0.15) is 39.5 Å². The Labute approximate surface area is 87.8 Å². The third-order valence-electron chi connectivity index (χ3n) is 3.88. The van der Waals surface area contributed by atoms with Gasteiger partial charge in [0, 0.05) is 12.1 Å². The molecule has 2 heteroatoms. The van der Waals surface area contributed by atoms with Crippen LogP contribution in [0.25, 0.3) is 0 Å². The molecule has 3 atom stereocenters. The maximum atomic E-state index is 3.63. The summed E-state index contributed by atoms with van der Waals surface area (Å²) in [5.74, 6) is 1.92. The van der Waals surface area contributed by atoms with Gasteiger partial charge in [0.15, 0.2) is 0 Å². The van der Waals surface area contributed by atoms with Gasteiger partial charge in [0.1, 0.15) is 0 Å². The van der Waals surface area contributed by atoms with Crippen LogP contribution in [0.5, 0.6) is 0 Å². The predicted molar refractivity (Wildman–Crippen MR) is 60.4 cm³/mol. The van der Waals surface area contributed by atoms with Crippen LogP contribution in [0.4, 0.5) is 0 Å². The lowest BCUT2D eigenvalue weighted by Crippen LogP contribution is -2.46. The highest BCUT2D eigenvalue weighted by molar-refractivity contribution is 4.86. The monoisotopic (exact) mass is 196 g/mol. The standard InChI is InChI=1S/C12H24N2/c1-9-6-12(7-10(2)14-9)11-4-3-5-13-8-11/h9-14H,3-8H2,1-2H3. The molecule has 14 heavy (non-hydrogen) atoms. The summed E-state index contributed by atoms with van der Waals surface area (Å²) in [7, 11) is 0. The molecule has 0 radical (unpaired) electrons. The molecule has 2 rings (SSSR count). The van der Waals surface area contributed by atoms with Gasteiger partial charge in [-0.3, -0.25) is 0 Å². The highest BCUT2D eigenvalue weighted by Gasteiger charge is 2.30. The van der Waals surface area contributed by atoms with Crippen molar-refractivity contribution in [2.24, 2.45) is 11.8 Å². The van der Waals surface area contributed by atoms with E-state index in [1.807, 2.05) is 0 Å². The van der Waals surface area contributed by atoms with Gasteiger partial charge in [-0.15, -0.1) is 0 Å². The van der Waals surface area contributed by atoms with Crippen molar-refractivity contribution in [1.82, 2.24) is 10.6 Å². The second-order valence-electron chi connectivity index (χ2n) is 5.31. The maximum absolute atomic E-state index is 3.63. The Morgan fingerprint density at radius 3 is 2.29 bits per heavy atom. The van der Waals surface area contributed by atoms with Gasteiger partial charge in [-0.25, -0.2) is 0 Å². The molecule has 2 saturated heterocycles. The Morgan fingerprint density at radius 1 is 1.00 bits per heavy atom. The highest BCUT2D eigenvalue weighted by atomic mass is 15.0. The molecule has 0 aromatic heterocycles. The van der Waals surface area contributed by atoms with Gasteiger partial charge in [0.05, 0.1) is 0 Å². The summed E-state index contributed by atoms with van der Waals surface area (Å²) in [6.45, 7) is 7.18. The molecule has 2 heterocycles. The molecule has 0 aromatic carbocycles. The highest BCUT2D eigenvalue weighted by Crippen LogP contribution is 2.30. The van der Waals surface area contributed by atoms with Crippen molar-refractivity contribution in [3.63, 3.8) is 0 Å². The fourth-order valence-corrected chi connectivity index (χ4v) is 3.29. The Morgan fingerprint density at radius 2 is 1.71 bits per heavy atom. The molecular weight excluding hydrogens is 172 g/mol. The topological polar surface area (TPSA) is 24.1 Å². The quantitative estimate of drug-likeness (QED) is 0.668. The molecule has 0 bridgehead atoms. The van der Waals surface area contributed by atoms with Crippen molar-refractivity contribution in [2.75, 3.05) is 13.1 Å². The van der Waals surface area contributed by atoms with Crippen molar-refractivity contribution < 1.29 is 0 Å². The van der Waals surface area contributed by atoms with E-state index in [1.165, 1.54) is 38.8 Å². The SMILES string of the molecule is CC1CC(C2CCCNC2)CC(C)N1. The summed E-state index contributed by atoms with van der Waals surface area (Å²) in [6.07, 6.45) is 5.61. The lowest BCUT2D eigenvalue weighted by atomic mass is 9.77. The van der Waals surface area contributed by atoms with E-state index in [0.717, 1.165) is 23.9 Å². The molecule has 0 amide bonds. The summed E-state index contributed by atoms with van der Waals surface area (Å²) in [5, 5.41) is 7.17. The zero-order chi connectivity index (χ0) is 9.97. The van der Waals surface area contributed by atoms with E-state index >= 15 is 0 Å². The summed E-state index contributed by atoms with van der Waals surface area (Å²) in [5.41, 5.74) is 0. The Kier molecular flexibility index (Phi) is 3.45. The normalized spacial score (nSPS) is 45.0. The minimum Gasteiger partial charge on any atom is -0.316 e. The molecule has 0 aromatic rings. The largest absolute Gasteiger partial charge is 0.316 e. The summed E-state index contributed by atoms with van der Waals surface area (Å²) < 4.78 is 0.